The third kappa shape index (κ3) is 4.40. The third-order valence-electron chi connectivity index (χ3n) is 3.03. The monoisotopic (exact) mass is 297 g/mol. The van der Waals surface area contributed by atoms with Gasteiger partial charge < -0.3 is 24.8 Å². The normalized spacial score (nSPS) is 18.6. The second-order valence-electron chi connectivity index (χ2n) is 4.72. The molecule has 0 radical (unpaired) electrons. The van der Waals surface area contributed by atoms with Gasteiger partial charge in [-0.3, -0.25) is 0 Å². The molecule has 1 aliphatic heterocycles. The summed E-state index contributed by atoms with van der Waals surface area (Å²) in [6.45, 7) is 7.01. The summed E-state index contributed by atoms with van der Waals surface area (Å²) in [6.07, 6.45) is 0.771. The van der Waals surface area contributed by atoms with Gasteiger partial charge in [-0.05, 0) is 13.3 Å². The van der Waals surface area contributed by atoms with E-state index in [9.17, 15) is 5.11 Å². The van der Waals surface area contributed by atoms with Gasteiger partial charge in [0.1, 0.15) is 0 Å². The Bertz CT molecular complexity index is 446. The predicted molar refractivity (Wildman–Crippen MR) is 78.8 cm³/mol. The molecule has 0 saturated carbocycles. The molecule has 118 valence electrons. The highest BCUT2D eigenvalue weighted by molar-refractivity contribution is 5.39. The smallest absolute Gasteiger partial charge is 0.323 e. The molecule has 0 aromatic carbocycles. The summed E-state index contributed by atoms with van der Waals surface area (Å²) in [6, 6.07) is 0.313. The Morgan fingerprint density at radius 2 is 2.24 bits per heavy atom. The fraction of sp³-hybridized carbons (Fsp3) is 0.769. The van der Waals surface area contributed by atoms with Gasteiger partial charge in [0.15, 0.2) is 0 Å². The first-order valence-electron chi connectivity index (χ1n) is 7.37. The highest BCUT2D eigenvalue weighted by Gasteiger charge is 2.23. The molecule has 0 aliphatic carbocycles. The van der Waals surface area contributed by atoms with Gasteiger partial charge in [0.2, 0.25) is 11.9 Å². The lowest BCUT2D eigenvalue weighted by Gasteiger charge is -2.32. The average Bonchev–Trinajstić information content (AvgIpc) is 2.53. The molecule has 1 saturated heterocycles. The highest BCUT2D eigenvalue weighted by atomic mass is 16.5. The van der Waals surface area contributed by atoms with E-state index >= 15 is 0 Å². The van der Waals surface area contributed by atoms with Crippen LogP contribution in [0.3, 0.4) is 0 Å². The molecule has 0 bridgehead atoms. The molecule has 1 fully saturated rings. The van der Waals surface area contributed by atoms with E-state index in [-0.39, 0.29) is 12.7 Å². The van der Waals surface area contributed by atoms with Crippen LogP contribution in [-0.2, 0) is 4.74 Å². The summed E-state index contributed by atoms with van der Waals surface area (Å²) in [5, 5.41) is 12.4. The third-order valence-corrected chi connectivity index (χ3v) is 3.03. The van der Waals surface area contributed by atoms with Crippen LogP contribution < -0.4 is 15.0 Å². The van der Waals surface area contributed by atoms with Crippen molar-refractivity contribution in [2.75, 3.05) is 49.7 Å². The van der Waals surface area contributed by atoms with Crippen LogP contribution in [0.4, 0.5) is 11.9 Å². The van der Waals surface area contributed by atoms with Crippen molar-refractivity contribution >= 4 is 11.9 Å². The lowest BCUT2D eigenvalue weighted by molar-refractivity contribution is 0.00310. The van der Waals surface area contributed by atoms with Crippen LogP contribution in [0, 0.1) is 0 Å². The molecular weight excluding hydrogens is 274 g/mol. The Balaban J connectivity index is 2.17. The molecule has 8 heteroatoms. The lowest BCUT2D eigenvalue weighted by Crippen LogP contribution is -2.45. The number of anilines is 2. The van der Waals surface area contributed by atoms with E-state index in [1.54, 1.807) is 0 Å². The van der Waals surface area contributed by atoms with Crippen LogP contribution in [0.2, 0.25) is 0 Å². The van der Waals surface area contributed by atoms with E-state index in [2.05, 4.69) is 27.2 Å². The van der Waals surface area contributed by atoms with Crippen LogP contribution in [0.15, 0.2) is 0 Å². The number of morpholine rings is 1. The number of aliphatic hydroxyl groups excluding tert-OH is 1. The average molecular weight is 297 g/mol. The second kappa shape index (κ2) is 7.94. The second-order valence-corrected chi connectivity index (χ2v) is 4.72. The summed E-state index contributed by atoms with van der Waals surface area (Å²) in [5.41, 5.74) is 0. The number of hydrogen-bond donors (Lipinski definition) is 2. The van der Waals surface area contributed by atoms with Gasteiger partial charge >= 0.3 is 6.01 Å². The van der Waals surface area contributed by atoms with Gasteiger partial charge in [-0.25, -0.2) is 0 Å². The number of aromatic nitrogens is 3. The summed E-state index contributed by atoms with van der Waals surface area (Å²) in [4.78, 5) is 15.0. The van der Waals surface area contributed by atoms with E-state index in [0.29, 0.717) is 44.2 Å². The zero-order chi connectivity index (χ0) is 15.1. The van der Waals surface area contributed by atoms with Crippen molar-refractivity contribution in [2.45, 2.75) is 26.4 Å². The molecule has 0 spiro atoms. The molecule has 8 nitrogen and oxygen atoms in total. The van der Waals surface area contributed by atoms with Crippen LogP contribution in [-0.4, -0.2) is 65.6 Å². The van der Waals surface area contributed by atoms with E-state index in [4.69, 9.17) is 9.47 Å². The Kier molecular flexibility index (Phi) is 5.94. The molecule has 1 aromatic rings. The molecule has 1 aromatic heterocycles. The molecule has 1 aliphatic rings. The van der Waals surface area contributed by atoms with Gasteiger partial charge in [-0.15, -0.1) is 0 Å². The maximum absolute atomic E-state index is 9.22. The Labute approximate surface area is 124 Å². The zero-order valence-electron chi connectivity index (χ0n) is 12.6. The van der Waals surface area contributed by atoms with Gasteiger partial charge in [0.05, 0.1) is 25.9 Å². The summed E-state index contributed by atoms with van der Waals surface area (Å²) < 4.78 is 10.8. The number of nitrogens with one attached hydrogen (secondary N) is 1. The molecule has 21 heavy (non-hydrogen) atoms. The van der Waals surface area contributed by atoms with Crippen molar-refractivity contribution in [3.05, 3.63) is 0 Å². The van der Waals surface area contributed by atoms with Crippen LogP contribution in [0.1, 0.15) is 20.3 Å². The summed E-state index contributed by atoms with van der Waals surface area (Å²) >= 11 is 0. The van der Waals surface area contributed by atoms with Crippen molar-refractivity contribution in [2.24, 2.45) is 0 Å². The minimum absolute atomic E-state index is 0.0131. The number of nitrogens with zero attached hydrogens (tertiary/aromatic N) is 4. The van der Waals surface area contributed by atoms with Gasteiger partial charge in [-0.2, -0.15) is 15.0 Å². The number of aliphatic hydroxyl groups is 1. The van der Waals surface area contributed by atoms with E-state index in [0.717, 1.165) is 13.0 Å². The van der Waals surface area contributed by atoms with E-state index < -0.39 is 0 Å². The summed E-state index contributed by atoms with van der Waals surface area (Å²) in [5.74, 6) is 1.06. The van der Waals surface area contributed by atoms with Gasteiger partial charge in [0.25, 0.3) is 0 Å². The van der Waals surface area contributed by atoms with Crippen molar-refractivity contribution in [1.82, 2.24) is 15.0 Å². The van der Waals surface area contributed by atoms with Crippen LogP contribution in [0.25, 0.3) is 0 Å². The minimum atomic E-state index is -0.210. The highest BCUT2D eigenvalue weighted by Crippen LogP contribution is 2.17. The minimum Gasteiger partial charge on any atom is -0.464 e. The van der Waals surface area contributed by atoms with Crippen LogP contribution in [0.5, 0.6) is 6.01 Å². The van der Waals surface area contributed by atoms with Crippen LogP contribution >= 0.6 is 0 Å². The largest absolute Gasteiger partial charge is 0.464 e. The Morgan fingerprint density at radius 3 is 2.95 bits per heavy atom. The first kappa shape index (κ1) is 15.7. The number of hydrogen-bond acceptors (Lipinski definition) is 8. The number of ether oxygens (including phenoxy) is 2. The predicted octanol–water partition coefficient (Wildman–Crippen LogP) is 0.290. The van der Waals surface area contributed by atoms with Gasteiger partial charge in [-0.1, -0.05) is 6.92 Å². The van der Waals surface area contributed by atoms with E-state index in [1.165, 1.54) is 0 Å². The molecule has 0 amide bonds. The van der Waals surface area contributed by atoms with Crippen molar-refractivity contribution in [3.8, 4) is 6.01 Å². The fourth-order valence-electron chi connectivity index (χ4n) is 2.01. The maximum Gasteiger partial charge on any atom is 0.323 e. The zero-order valence-corrected chi connectivity index (χ0v) is 12.6. The Morgan fingerprint density at radius 1 is 1.38 bits per heavy atom. The maximum atomic E-state index is 9.22. The van der Waals surface area contributed by atoms with Crippen molar-refractivity contribution in [1.29, 1.82) is 0 Å². The summed E-state index contributed by atoms with van der Waals surface area (Å²) in [7, 11) is 0. The SMILES string of the molecule is CCCNc1nc(OCC)nc(N2CCOC(CO)C2)n1. The topological polar surface area (TPSA) is 92.6 Å². The first-order chi connectivity index (χ1) is 10.3. The molecule has 2 N–H and O–H groups in total. The van der Waals surface area contributed by atoms with E-state index in [1.807, 2.05) is 11.8 Å². The number of rotatable bonds is 7. The van der Waals surface area contributed by atoms with Crippen molar-refractivity contribution in [3.63, 3.8) is 0 Å². The Hall–Kier alpha value is -1.67. The quantitative estimate of drug-likeness (QED) is 0.742. The standard InChI is InChI=1S/C13H23N5O3/c1-3-5-14-11-15-12(17-13(16-11)20-4-2)18-6-7-21-10(8-18)9-19/h10,19H,3-9H2,1-2H3,(H,14,15,16,17). The molecular formula is C13H23N5O3. The lowest BCUT2D eigenvalue weighted by atomic mass is 10.3. The first-order valence-corrected chi connectivity index (χ1v) is 7.37. The molecule has 1 unspecified atom stereocenters. The molecule has 2 rings (SSSR count). The molecule has 1 atom stereocenters. The van der Waals surface area contributed by atoms with Crippen molar-refractivity contribution < 1.29 is 14.6 Å². The van der Waals surface area contributed by atoms with Gasteiger partial charge in [0, 0.05) is 19.6 Å². The fourth-order valence-corrected chi connectivity index (χ4v) is 2.01. The molecule has 2 heterocycles.